The summed E-state index contributed by atoms with van der Waals surface area (Å²) in [5.74, 6) is -0.657. The lowest BCUT2D eigenvalue weighted by atomic mass is 9.66. The van der Waals surface area contributed by atoms with Crippen LogP contribution in [0.3, 0.4) is 0 Å². The molecule has 0 spiro atoms. The van der Waals surface area contributed by atoms with Crippen LogP contribution in [0.5, 0.6) is 0 Å². The molecule has 1 N–H and O–H groups in total. The predicted octanol–water partition coefficient (Wildman–Crippen LogP) is 4.16. The molecule has 2 unspecified atom stereocenters. The fourth-order valence-corrected chi connectivity index (χ4v) is 3.44. The fourth-order valence-electron chi connectivity index (χ4n) is 3.44. The van der Waals surface area contributed by atoms with Crippen molar-refractivity contribution in [2.24, 2.45) is 5.92 Å². The van der Waals surface area contributed by atoms with Gasteiger partial charge in [-0.3, -0.25) is 4.79 Å². The molecule has 0 aromatic heterocycles. The molecule has 0 radical (unpaired) electrons. The molecule has 0 aliphatic carbocycles. The lowest BCUT2D eigenvalue weighted by Crippen LogP contribution is -2.44. The number of rotatable bonds is 7. The number of carboxylic acids is 1. The summed E-state index contributed by atoms with van der Waals surface area (Å²) in [4.78, 5) is 14.5. The van der Waals surface area contributed by atoms with E-state index in [2.05, 4.69) is 18.7 Å². The topological polar surface area (TPSA) is 40.5 Å². The van der Waals surface area contributed by atoms with Gasteiger partial charge in [0.15, 0.2) is 0 Å². The summed E-state index contributed by atoms with van der Waals surface area (Å²) in [6.07, 6.45) is 1.45. The highest BCUT2D eigenvalue weighted by molar-refractivity contribution is 5.93. The molecule has 0 saturated heterocycles. The summed E-state index contributed by atoms with van der Waals surface area (Å²) in [5.41, 5.74) is 0.0826. The predicted molar refractivity (Wildman–Crippen MR) is 95.9 cm³/mol. The first-order valence-electron chi connectivity index (χ1n) is 8.29. The zero-order chi connectivity index (χ0) is 17.0. The van der Waals surface area contributed by atoms with Gasteiger partial charge in [-0.2, -0.15) is 0 Å². The van der Waals surface area contributed by atoms with Crippen LogP contribution in [0, 0.1) is 5.92 Å². The number of carbonyl (C=O) groups is 1. The number of hydrogen-bond donors (Lipinski definition) is 1. The van der Waals surface area contributed by atoms with Crippen molar-refractivity contribution in [2.45, 2.75) is 32.1 Å². The van der Waals surface area contributed by atoms with Crippen LogP contribution in [0.1, 0.15) is 32.3 Å². The molecule has 3 nitrogen and oxygen atoms in total. The fraction of sp³-hybridized carbons (Fsp3) is 0.450. The first kappa shape index (κ1) is 17.5. The van der Waals surface area contributed by atoms with E-state index in [-0.39, 0.29) is 5.92 Å². The highest BCUT2D eigenvalue weighted by Crippen LogP contribution is 2.41. The van der Waals surface area contributed by atoms with Crippen molar-refractivity contribution in [3.05, 3.63) is 48.0 Å². The summed E-state index contributed by atoms with van der Waals surface area (Å²) in [6.45, 7) is 4.88. The Morgan fingerprint density at radius 3 is 2.43 bits per heavy atom. The van der Waals surface area contributed by atoms with Gasteiger partial charge in [-0.15, -0.1) is 0 Å². The van der Waals surface area contributed by atoms with Crippen molar-refractivity contribution in [1.82, 2.24) is 4.90 Å². The summed E-state index contributed by atoms with van der Waals surface area (Å²) >= 11 is 0. The summed E-state index contributed by atoms with van der Waals surface area (Å²) in [5, 5.41) is 12.4. The Labute approximate surface area is 138 Å². The lowest BCUT2D eigenvalue weighted by molar-refractivity contribution is -0.146. The molecule has 2 aromatic rings. The average Bonchev–Trinajstić information content (AvgIpc) is 2.54. The maximum atomic E-state index is 12.5. The number of fused-ring (bicyclic) bond motifs is 1. The Kier molecular flexibility index (Phi) is 5.42. The Morgan fingerprint density at radius 2 is 1.83 bits per heavy atom. The Hall–Kier alpha value is -1.87. The zero-order valence-corrected chi connectivity index (χ0v) is 14.5. The van der Waals surface area contributed by atoms with Crippen molar-refractivity contribution in [3.8, 4) is 0 Å². The molecular weight excluding hydrogens is 286 g/mol. The van der Waals surface area contributed by atoms with Crippen molar-refractivity contribution in [2.75, 3.05) is 20.6 Å². The van der Waals surface area contributed by atoms with Crippen LogP contribution in [0.4, 0.5) is 0 Å². The van der Waals surface area contributed by atoms with E-state index in [1.807, 2.05) is 56.6 Å². The third kappa shape index (κ3) is 3.25. The number of carboxylic acid groups (broad SMARTS) is 1. The molecule has 0 bridgehead atoms. The zero-order valence-electron chi connectivity index (χ0n) is 14.5. The molecule has 2 rings (SSSR count). The van der Waals surface area contributed by atoms with Crippen LogP contribution >= 0.6 is 0 Å². The van der Waals surface area contributed by atoms with Gasteiger partial charge in [-0.25, -0.2) is 0 Å². The minimum absolute atomic E-state index is 0.0609. The summed E-state index contributed by atoms with van der Waals surface area (Å²) < 4.78 is 0. The molecule has 2 atom stereocenters. The summed E-state index contributed by atoms with van der Waals surface area (Å²) in [7, 11) is 3.98. The number of nitrogens with zero attached hydrogens (tertiary/aromatic N) is 1. The van der Waals surface area contributed by atoms with Crippen LogP contribution in [-0.2, 0) is 10.2 Å². The Balaban J connectivity index is 2.70. The van der Waals surface area contributed by atoms with Gasteiger partial charge in [0.25, 0.3) is 0 Å². The van der Waals surface area contributed by atoms with Crippen LogP contribution in [0.15, 0.2) is 42.5 Å². The first-order chi connectivity index (χ1) is 10.9. The van der Waals surface area contributed by atoms with E-state index in [0.29, 0.717) is 6.42 Å². The highest BCUT2D eigenvalue weighted by Gasteiger charge is 2.45. The van der Waals surface area contributed by atoms with Crippen LogP contribution in [-0.4, -0.2) is 36.6 Å². The van der Waals surface area contributed by atoms with Crippen molar-refractivity contribution in [3.63, 3.8) is 0 Å². The maximum Gasteiger partial charge on any atom is 0.314 e. The third-order valence-electron chi connectivity index (χ3n) is 5.06. The molecule has 0 heterocycles. The largest absolute Gasteiger partial charge is 0.481 e. The SMILES string of the molecule is CCC(C)C(CCN(C)C)(C(=O)O)c1cccc2ccccc12. The van der Waals surface area contributed by atoms with E-state index in [9.17, 15) is 9.90 Å². The second kappa shape index (κ2) is 7.14. The minimum Gasteiger partial charge on any atom is -0.481 e. The van der Waals surface area contributed by atoms with Gasteiger partial charge in [0.2, 0.25) is 0 Å². The third-order valence-corrected chi connectivity index (χ3v) is 5.06. The number of aliphatic carboxylic acids is 1. The van der Waals surface area contributed by atoms with Crippen molar-refractivity contribution < 1.29 is 9.90 Å². The monoisotopic (exact) mass is 313 g/mol. The van der Waals surface area contributed by atoms with Crippen LogP contribution < -0.4 is 0 Å². The van der Waals surface area contributed by atoms with E-state index in [1.54, 1.807) is 0 Å². The van der Waals surface area contributed by atoms with Gasteiger partial charge in [-0.1, -0.05) is 62.7 Å². The van der Waals surface area contributed by atoms with E-state index < -0.39 is 11.4 Å². The minimum atomic E-state index is -0.861. The van der Waals surface area contributed by atoms with Gasteiger partial charge in [0, 0.05) is 0 Å². The maximum absolute atomic E-state index is 12.5. The molecule has 0 saturated carbocycles. The lowest BCUT2D eigenvalue weighted by Gasteiger charge is -2.37. The van der Waals surface area contributed by atoms with Gasteiger partial charge >= 0.3 is 5.97 Å². The van der Waals surface area contributed by atoms with Gasteiger partial charge in [-0.05, 0) is 49.3 Å². The second-order valence-electron chi connectivity index (χ2n) is 6.67. The number of hydrogen-bond acceptors (Lipinski definition) is 2. The standard InChI is InChI=1S/C20H27NO2/c1-5-15(2)20(19(22)23,13-14-21(3)4)18-12-8-10-16-9-6-7-11-17(16)18/h6-12,15H,5,13-14H2,1-4H3,(H,22,23). The Bertz CT molecular complexity index is 675. The molecule has 0 amide bonds. The molecule has 23 heavy (non-hydrogen) atoms. The van der Waals surface area contributed by atoms with Crippen LogP contribution in [0.25, 0.3) is 10.8 Å². The quantitative estimate of drug-likeness (QED) is 0.834. The highest BCUT2D eigenvalue weighted by atomic mass is 16.4. The van der Waals surface area contributed by atoms with E-state index >= 15 is 0 Å². The van der Waals surface area contributed by atoms with Gasteiger partial charge < -0.3 is 10.0 Å². The number of benzene rings is 2. The second-order valence-corrected chi connectivity index (χ2v) is 6.67. The van der Waals surface area contributed by atoms with E-state index in [0.717, 1.165) is 29.3 Å². The molecule has 3 heteroatoms. The first-order valence-corrected chi connectivity index (χ1v) is 8.29. The van der Waals surface area contributed by atoms with Gasteiger partial charge in [0.1, 0.15) is 0 Å². The smallest absolute Gasteiger partial charge is 0.314 e. The molecule has 0 aliphatic heterocycles. The summed E-state index contributed by atoms with van der Waals surface area (Å²) in [6, 6.07) is 14.1. The molecule has 0 fully saturated rings. The van der Waals surface area contributed by atoms with E-state index in [1.165, 1.54) is 0 Å². The molecule has 124 valence electrons. The van der Waals surface area contributed by atoms with Crippen molar-refractivity contribution in [1.29, 1.82) is 0 Å². The molecular formula is C20H27NO2. The molecule has 2 aromatic carbocycles. The van der Waals surface area contributed by atoms with E-state index in [4.69, 9.17) is 0 Å². The van der Waals surface area contributed by atoms with Crippen LogP contribution in [0.2, 0.25) is 0 Å². The molecule has 0 aliphatic rings. The normalized spacial score (nSPS) is 15.5. The average molecular weight is 313 g/mol. The Morgan fingerprint density at radius 1 is 1.17 bits per heavy atom. The van der Waals surface area contributed by atoms with Gasteiger partial charge in [0.05, 0.1) is 5.41 Å². The van der Waals surface area contributed by atoms with Crippen molar-refractivity contribution >= 4 is 16.7 Å².